The van der Waals surface area contributed by atoms with Crippen molar-refractivity contribution in [3.8, 4) is 0 Å². The number of para-hydroxylation sites is 1. The smallest absolute Gasteiger partial charge is 0.0723 e. The summed E-state index contributed by atoms with van der Waals surface area (Å²) in [6, 6.07) is 8.22. The van der Waals surface area contributed by atoms with E-state index in [1.54, 1.807) is 0 Å². The van der Waals surface area contributed by atoms with Crippen LogP contribution in [0.15, 0.2) is 30.5 Å². The van der Waals surface area contributed by atoms with Gasteiger partial charge in [0.1, 0.15) is 0 Å². The highest BCUT2D eigenvalue weighted by molar-refractivity contribution is 5.93. The van der Waals surface area contributed by atoms with Crippen molar-refractivity contribution >= 4 is 16.6 Å². The van der Waals surface area contributed by atoms with Gasteiger partial charge in [-0.2, -0.15) is 0 Å². The first-order chi connectivity index (χ1) is 8.27. The van der Waals surface area contributed by atoms with Crippen LogP contribution in [-0.2, 0) is 6.54 Å². The molecule has 0 aliphatic carbocycles. The van der Waals surface area contributed by atoms with Gasteiger partial charge in [-0.05, 0) is 12.5 Å². The molecule has 0 atom stereocenters. The Morgan fingerprint density at radius 3 is 2.76 bits per heavy atom. The maximum absolute atomic E-state index is 5.81. The molecule has 2 N–H and O–H groups in total. The summed E-state index contributed by atoms with van der Waals surface area (Å²) in [4.78, 5) is 6.72. The molecule has 3 nitrogen and oxygen atoms in total. The van der Waals surface area contributed by atoms with Crippen molar-refractivity contribution in [1.82, 2.24) is 4.98 Å². The lowest BCUT2D eigenvalue weighted by atomic mass is 10.1. The number of benzene rings is 1. The number of pyridine rings is 1. The molecular weight excluding hydrogens is 210 g/mol. The van der Waals surface area contributed by atoms with Crippen LogP contribution in [0.4, 0.5) is 5.69 Å². The molecule has 2 rings (SSSR count). The Morgan fingerprint density at radius 2 is 2.06 bits per heavy atom. The van der Waals surface area contributed by atoms with Crippen molar-refractivity contribution in [2.45, 2.75) is 19.9 Å². The minimum Gasteiger partial charge on any atom is -0.374 e. The highest BCUT2D eigenvalue weighted by Crippen LogP contribution is 2.28. The molecule has 2 aromatic rings. The zero-order chi connectivity index (χ0) is 12.3. The fourth-order valence-corrected chi connectivity index (χ4v) is 2.22. The molecule has 1 heterocycles. The van der Waals surface area contributed by atoms with Gasteiger partial charge in [0.25, 0.3) is 0 Å². The van der Waals surface area contributed by atoms with Crippen molar-refractivity contribution in [3.63, 3.8) is 0 Å². The molecule has 3 heteroatoms. The van der Waals surface area contributed by atoms with E-state index < -0.39 is 0 Å². The summed E-state index contributed by atoms with van der Waals surface area (Å²) in [6.07, 6.45) is 3.01. The summed E-state index contributed by atoms with van der Waals surface area (Å²) in [5, 5.41) is 1.19. The molecule has 1 aromatic heterocycles. The van der Waals surface area contributed by atoms with Gasteiger partial charge in [0.15, 0.2) is 0 Å². The largest absolute Gasteiger partial charge is 0.374 e. The highest BCUT2D eigenvalue weighted by atomic mass is 15.1. The maximum atomic E-state index is 5.81. The Labute approximate surface area is 102 Å². The number of rotatable bonds is 4. The Balaban J connectivity index is 2.62. The number of fused-ring (bicyclic) bond motifs is 1. The SMILES string of the molecule is CCCN(C)c1c(CN)cnc2ccccc12. The highest BCUT2D eigenvalue weighted by Gasteiger charge is 2.11. The maximum Gasteiger partial charge on any atom is 0.0723 e. The van der Waals surface area contributed by atoms with Crippen molar-refractivity contribution < 1.29 is 0 Å². The molecule has 0 saturated carbocycles. The second-order valence-electron chi connectivity index (χ2n) is 4.27. The number of aromatic nitrogens is 1. The standard InChI is InChI=1S/C14H19N3/c1-3-8-17(2)14-11(9-15)10-16-13-7-5-4-6-12(13)14/h4-7,10H,3,8-9,15H2,1-2H3. The summed E-state index contributed by atoms with van der Waals surface area (Å²) in [5.41, 5.74) is 9.17. The minimum atomic E-state index is 0.529. The second kappa shape index (κ2) is 5.15. The van der Waals surface area contributed by atoms with Crippen molar-refractivity contribution in [3.05, 3.63) is 36.0 Å². The van der Waals surface area contributed by atoms with Gasteiger partial charge in [-0.1, -0.05) is 25.1 Å². The Morgan fingerprint density at radius 1 is 1.29 bits per heavy atom. The molecule has 0 aliphatic heterocycles. The van der Waals surface area contributed by atoms with Crippen LogP contribution in [0.25, 0.3) is 10.9 Å². The van der Waals surface area contributed by atoms with Crippen LogP contribution < -0.4 is 10.6 Å². The number of nitrogens with zero attached hydrogens (tertiary/aromatic N) is 2. The van der Waals surface area contributed by atoms with Crippen LogP contribution in [0.3, 0.4) is 0 Å². The molecule has 0 bridgehead atoms. The normalized spacial score (nSPS) is 10.8. The van der Waals surface area contributed by atoms with Crippen LogP contribution in [0.5, 0.6) is 0 Å². The monoisotopic (exact) mass is 229 g/mol. The lowest BCUT2D eigenvalue weighted by molar-refractivity contribution is 0.845. The third kappa shape index (κ3) is 2.24. The van der Waals surface area contributed by atoms with Gasteiger partial charge < -0.3 is 10.6 Å². The lowest BCUT2D eigenvalue weighted by Gasteiger charge is -2.23. The van der Waals surface area contributed by atoms with E-state index in [2.05, 4.69) is 29.9 Å². The van der Waals surface area contributed by atoms with E-state index in [0.29, 0.717) is 6.54 Å². The Bertz CT molecular complexity index is 508. The van der Waals surface area contributed by atoms with E-state index in [4.69, 9.17) is 5.73 Å². The summed E-state index contributed by atoms with van der Waals surface area (Å²) in [5.74, 6) is 0. The van der Waals surface area contributed by atoms with Crippen LogP contribution in [0.2, 0.25) is 0 Å². The number of anilines is 1. The quantitative estimate of drug-likeness (QED) is 0.876. The zero-order valence-corrected chi connectivity index (χ0v) is 10.5. The van der Waals surface area contributed by atoms with E-state index in [0.717, 1.165) is 24.0 Å². The van der Waals surface area contributed by atoms with Gasteiger partial charge in [0.05, 0.1) is 11.2 Å². The summed E-state index contributed by atoms with van der Waals surface area (Å²) in [7, 11) is 2.12. The van der Waals surface area contributed by atoms with Gasteiger partial charge in [0, 0.05) is 37.3 Å². The fraction of sp³-hybridized carbons (Fsp3) is 0.357. The minimum absolute atomic E-state index is 0.529. The second-order valence-corrected chi connectivity index (χ2v) is 4.27. The molecule has 0 aliphatic rings. The third-order valence-electron chi connectivity index (χ3n) is 2.98. The van der Waals surface area contributed by atoms with Gasteiger partial charge >= 0.3 is 0 Å². The summed E-state index contributed by atoms with van der Waals surface area (Å²) in [6.45, 7) is 3.74. The van der Waals surface area contributed by atoms with Gasteiger partial charge in [-0.3, -0.25) is 4.98 Å². The van der Waals surface area contributed by atoms with Crippen molar-refractivity contribution in [2.24, 2.45) is 5.73 Å². The van der Waals surface area contributed by atoms with Crippen LogP contribution in [-0.4, -0.2) is 18.6 Å². The Hall–Kier alpha value is -1.61. The first-order valence-corrected chi connectivity index (χ1v) is 6.05. The lowest BCUT2D eigenvalue weighted by Crippen LogP contribution is -2.20. The fourth-order valence-electron chi connectivity index (χ4n) is 2.22. The topological polar surface area (TPSA) is 42.1 Å². The van der Waals surface area contributed by atoms with Gasteiger partial charge in [0.2, 0.25) is 0 Å². The molecule has 90 valence electrons. The predicted molar refractivity (Wildman–Crippen MR) is 73.2 cm³/mol. The molecule has 1 aromatic carbocycles. The molecule has 0 spiro atoms. The van der Waals surface area contributed by atoms with Crippen LogP contribution in [0.1, 0.15) is 18.9 Å². The van der Waals surface area contributed by atoms with Crippen molar-refractivity contribution in [1.29, 1.82) is 0 Å². The van der Waals surface area contributed by atoms with E-state index in [1.165, 1.54) is 11.1 Å². The molecular formula is C14H19N3. The van der Waals surface area contributed by atoms with Crippen LogP contribution in [0, 0.1) is 0 Å². The summed E-state index contributed by atoms with van der Waals surface area (Å²) >= 11 is 0. The Kier molecular flexibility index (Phi) is 3.59. The predicted octanol–water partition coefficient (Wildman–Crippen LogP) is 2.54. The average Bonchev–Trinajstić information content (AvgIpc) is 2.37. The number of hydrogen-bond donors (Lipinski definition) is 1. The number of hydrogen-bond acceptors (Lipinski definition) is 3. The summed E-state index contributed by atoms with van der Waals surface area (Å²) < 4.78 is 0. The molecule has 0 saturated heterocycles. The molecule has 0 unspecified atom stereocenters. The first kappa shape index (κ1) is 11.9. The van der Waals surface area contributed by atoms with Crippen LogP contribution >= 0.6 is 0 Å². The molecule has 0 fully saturated rings. The zero-order valence-electron chi connectivity index (χ0n) is 10.5. The average molecular weight is 229 g/mol. The van der Waals surface area contributed by atoms with Crippen molar-refractivity contribution in [2.75, 3.05) is 18.5 Å². The van der Waals surface area contributed by atoms with Gasteiger partial charge in [-0.25, -0.2) is 0 Å². The first-order valence-electron chi connectivity index (χ1n) is 6.05. The van der Waals surface area contributed by atoms with E-state index in [1.807, 2.05) is 24.4 Å². The van der Waals surface area contributed by atoms with E-state index in [-0.39, 0.29) is 0 Å². The van der Waals surface area contributed by atoms with E-state index in [9.17, 15) is 0 Å². The molecule has 0 amide bonds. The third-order valence-corrected chi connectivity index (χ3v) is 2.98. The number of nitrogens with two attached hydrogens (primary N) is 1. The van der Waals surface area contributed by atoms with Gasteiger partial charge in [-0.15, -0.1) is 0 Å². The molecule has 0 radical (unpaired) electrons. The van der Waals surface area contributed by atoms with E-state index >= 15 is 0 Å². The molecule has 17 heavy (non-hydrogen) atoms.